The van der Waals surface area contributed by atoms with Gasteiger partial charge in [-0.05, 0) is 0 Å². The van der Waals surface area contributed by atoms with Crippen LogP contribution in [0.2, 0.25) is 0 Å². The van der Waals surface area contributed by atoms with E-state index < -0.39 is 0 Å². The molecule has 0 saturated heterocycles. The third-order valence-corrected chi connectivity index (χ3v) is 1.98. The molecule has 2 rings (SSSR count). The highest BCUT2D eigenvalue weighted by Crippen LogP contribution is 2.07. The van der Waals surface area contributed by atoms with Crippen LogP contribution in [0.25, 0.3) is 5.00 Å². The summed E-state index contributed by atoms with van der Waals surface area (Å²) in [7, 11) is 0. The van der Waals surface area contributed by atoms with Gasteiger partial charge in [0.2, 0.25) is 0 Å². The van der Waals surface area contributed by atoms with Gasteiger partial charge >= 0.3 is 5.69 Å². The first-order valence-electron chi connectivity index (χ1n) is 2.89. The van der Waals surface area contributed by atoms with Crippen molar-refractivity contribution >= 4 is 11.3 Å². The van der Waals surface area contributed by atoms with Gasteiger partial charge < -0.3 is 0 Å². The lowest BCUT2D eigenvalue weighted by Crippen LogP contribution is -2.12. The van der Waals surface area contributed by atoms with Crippen LogP contribution in [-0.2, 0) is 0 Å². The van der Waals surface area contributed by atoms with Gasteiger partial charge in [-0.1, -0.05) is 0 Å². The predicted molar refractivity (Wildman–Crippen MR) is 39.9 cm³/mol. The van der Waals surface area contributed by atoms with Crippen LogP contribution < -0.4 is 5.69 Å². The molecule has 0 amide bonds. The Morgan fingerprint density at radius 3 is 3.09 bits per heavy atom. The Labute approximate surface area is 65.3 Å². The quantitative estimate of drug-likeness (QED) is 0.652. The highest BCUT2D eigenvalue weighted by atomic mass is 32.1. The van der Waals surface area contributed by atoms with Crippen LogP contribution in [0.4, 0.5) is 0 Å². The van der Waals surface area contributed by atoms with Gasteiger partial charge in [-0.3, -0.25) is 4.98 Å². The maximum Gasteiger partial charge on any atom is 0.348 e. The summed E-state index contributed by atoms with van der Waals surface area (Å²) >= 11 is 1.39. The van der Waals surface area contributed by atoms with Crippen molar-refractivity contribution in [1.29, 1.82) is 0 Å². The van der Waals surface area contributed by atoms with Gasteiger partial charge in [0.05, 0.1) is 11.7 Å². The van der Waals surface area contributed by atoms with Gasteiger partial charge in [-0.2, -0.15) is 5.10 Å². The van der Waals surface area contributed by atoms with Crippen LogP contribution in [0, 0.1) is 0 Å². The minimum atomic E-state index is -0.241. The van der Waals surface area contributed by atoms with Crippen molar-refractivity contribution in [1.82, 2.24) is 19.7 Å². The van der Waals surface area contributed by atoms with E-state index in [0.29, 0.717) is 0 Å². The number of hydrogen-bond donors (Lipinski definition) is 1. The summed E-state index contributed by atoms with van der Waals surface area (Å²) < 4.78 is 1.40. The molecule has 0 bridgehead atoms. The Kier molecular flexibility index (Phi) is 1.32. The molecular weight excluding hydrogens is 164 g/mol. The molecule has 11 heavy (non-hydrogen) atoms. The molecule has 0 unspecified atom stereocenters. The van der Waals surface area contributed by atoms with E-state index in [1.165, 1.54) is 22.2 Å². The first-order valence-corrected chi connectivity index (χ1v) is 3.77. The highest BCUT2D eigenvalue weighted by Gasteiger charge is 2.00. The molecule has 0 aliphatic carbocycles. The molecule has 0 aliphatic rings. The lowest BCUT2D eigenvalue weighted by molar-refractivity contribution is 0.996. The van der Waals surface area contributed by atoms with E-state index in [9.17, 15) is 4.79 Å². The van der Waals surface area contributed by atoms with Gasteiger partial charge in [-0.15, -0.1) is 11.3 Å². The Balaban J connectivity index is 2.62. The molecule has 6 heteroatoms. The average Bonchev–Trinajstić information content (AvgIpc) is 2.55. The van der Waals surface area contributed by atoms with E-state index in [-0.39, 0.29) is 5.69 Å². The second-order valence-electron chi connectivity index (χ2n) is 1.87. The molecule has 2 aromatic heterocycles. The van der Waals surface area contributed by atoms with Gasteiger partial charge in [0, 0.05) is 0 Å². The summed E-state index contributed by atoms with van der Waals surface area (Å²) in [6.07, 6.45) is 3.04. The SMILES string of the molecule is O=c1[nH]ncn1-c1cncs1. The third-order valence-electron chi connectivity index (χ3n) is 1.21. The maximum atomic E-state index is 10.9. The fourth-order valence-electron chi connectivity index (χ4n) is 0.733. The molecule has 5 nitrogen and oxygen atoms in total. The largest absolute Gasteiger partial charge is 0.348 e. The molecule has 0 aliphatic heterocycles. The lowest BCUT2D eigenvalue weighted by atomic mass is 10.8. The van der Waals surface area contributed by atoms with Crippen molar-refractivity contribution in [3.63, 3.8) is 0 Å². The second-order valence-corrected chi connectivity index (χ2v) is 2.74. The number of rotatable bonds is 1. The van der Waals surface area contributed by atoms with E-state index in [0.717, 1.165) is 5.00 Å². The zero-order chi connectivity index (χ0) is 7.68. The molecule has 56 valence electrons. The molecule has 0 saturated carbocycles. The van der Waals surface area contributed by atoms with Crippen LogP contribution >= 0.6 is 11.3 Å². The van der Waals surface area contributed by atoms with Crippen molar-refractivity contribution in [2.24, 2.45) is 0 Å². The summed E-state index contributed by atoms with van der Waals surface area (Å²) in [6.45, 7) is 0. The summed E-state index contributed by atoms with van der Waals surface area (Å²) in [5.74, 6) is 0. The van der Waals surface area contributed by atoms with Crippen molar-refractivity contribution in [3.8, 4) is 5.00 Å². The number of H-pyrrole nitrogens is 1. The van der Waals surface area contributed by atoms with Crippen LogP contribution in [0.5, 0.6) is 0 Å². The molecule has 2 aromatic rings. The lowest BCUT2D eigenvalue weighted by Gasteiger charge is -1.88. The second kappa shape index (κ2) is 2.31. The first-order chi connectivity index (χ1) is 5.38. The Bertz CT molecular complexity index is 387. The summed E-state index contributed by atoms with van der Waals surface area (Å²) in [5, 5.41) is 6.64. The first kappa shape index (κ1) is 6.29. The minimum absolute atomic E-state index is 0.241. The Morgan fingerprint density at radius 1 is 1.64 bits per heavy atom. The monoisotopic (exact) mass is 168 g/mol. The molecule has 0 aromatic carbocycles. The predicted octanol–water partition coefficient (Wildman–Crippen LogP) is 0.0171. The van der Waals surface area contributed by atoms with E-state index >= 15 is 0 Å². The normalized spacial score (nSPS) is 10.2. The molecular formula is C5H4N4OS. The van der Waals surface area contributed by atoms with E-state index in [1.54, 1.807) is 11.7 Å². The summed E-state index contributed by atoms with van der Waals surface area (Å²) in [5.41, 5.74) is 1.42. The molecule has 0 spiro atoms. The topological polar surface area (TPSA) is 63.6 Å². The zero-order valence-corrected chi connectivity index (χ0v) is 6.21. The van der Waals surface area contributed by atoms with Crippen LogP contribution in [0.15, 0.2) is 22.8 Å². The van der Waals surface area contributed by atoms with Gasteiger partial charge in [0.25, 0.3) is 0 Å². The highest BCUT2D eigenvalue weighted by molar-refractivity contribution is 7.12. The average molecular weight is 168 g/mol. The van der Waals surface area contributed by atoms with Crippen LogP contribution in [-0.4, -0.2) is 19.7 Å². The van der Waals surface area contributed by atoms with Crippen LogP contribution in [0.1, 0.15) is 0 Å². The molecule has 0 fully saturated rings. The van der Waals surface area contributed by atoms with Gasteiger partial charge in [0.1, 0.15) is 11.3 Å². The third kappa shape index (κ3) is 0.966. The van der Waals surface area contributed by atoms with E-state index in [2.05, 4.69) is 15.2 Å². The van der Waals surface area contributed by atoms with Crippen molar-refractivity contribution in [2.45, 2.75) is 0 Å². The zero-order valence-electron chi connectivity index (χ0n) is 5.39. The number of hydrogen-bond acceptors (Lipinski definition) is 4. The van der Waals surface area contributed by atoms with E-state index in [1.807, 2.05) is 0 Å². The smallest absolute Gasteiger partial charge is 0.251 e. The Morgan fingerprint density at radius 2 is 2.55 bits per heavy atom. The van der Waals surface area contributed by atoms with Gasteiger partial charge in [-0.25, -0.2) is 14.5 Å². The Hall–Kier alpha value is -1.43. The number of nitrogens with zero attached hydrogens (tertiary/aromatic N) is 3. The van der Waals surface area contributed by atoms with Crippen molar-refractivity contribution < 1.29 is 0 Å². The molecule has 0 atom stereocenters. The van der Waals surface area contributed by atoms with E-state index in [4.69, 9.17) is 0 Å². The van der Waals surface area contributed by atoms with Crippen molar-refractivity contribution in [2.75, 3.05) is 0 Å². The number of nitrogens with one attached hydrogen (secondary N) is 1. The molecule has 0 radical (unpaired) electrons. The van der Waals surface area contributed by atoms with Crippen LogP contribution in [0.3, 0.4) is 0 Å². The fourth-order valence-corrected chi connectivity index (χ4v) is 1.33. The van der Waals surface area contributed by atoms with Crippen molar-refractivity contribution in [3.05, 3.63) is 28.5 Å². The number of aromatic nitrogens is 4. The molecule has 1 N–H and O–H groups in total. The maximum absolute atomic E-state index is 10.9. The minimum Gasteiger partial charge on any atom is -0.251 e. The summed E-state index contributed by atoms with van der Waals surface area (Å²) in [6, 6.07) is 0. The summed E-state index contributed by atoms with van der Waals surface area (Å²) in [4.78, 5) is 14.8. The fraction of sp³-hybridized carbons (Fsp3) is 0. The molecule has 2 heterocycles. The number of aromatic amines is 1. The standard InChI is InChI=1S/C5H4N4OS/c10-5-8-7-2-9(5)4-1-6-3-11-4/h1-3H,(H,8,10). The number of thiazole rings is 1. The van der Waals surface area contributed by atoms with Gasteiger partial charge in [0.15, 0.2) is 0 Å².